The molecule has 0 fully saturated rings. The second kappa shape index (κ2) is 9.73. The molecule has 10 rings (SSSR count). The van der Waals surface area contributed by atoms with Crippen molar-refractivity contribution in [1.82, 2.24) is 4.57 Å². The van der Waals surface area contributed by atoms with Gasteiger partial charge in [0, 0.05) is 47.1 Å². The van der Waals surface area contributed by atoms with Gasteiger partial charge in [0.25, 0.3) is 0 Å². The van der Waals surface area contributed by atoms with Crippen LogP contribution in [0.25, 0.3) is 69.6 Å². The van der Waals surface area contributed by atoms with Crippen molar-refractivity contribution in [3.05, 3.63) is 151 Å². The van der Waals surface area contributed by atoms with Crippen LogP contribution in [0.3, 0.4) is 0 Å². The molecule has 45 heavy (non-hydrogen) atoms. The van der Waals surface area contributed by atoms with Crippen LogP contribution in [0.4, 0.5) is 5.69 Å². The van der Waals surface area contributed by atoms with E-state index in [1.165, 1.54) is 85.7 Å². The Kier molecular flexibility index (Phi) is 5.48. The van der Waals surface area contributed by atoms with Crippen molar-refractivity contribution in [1.29, 1.82) is 0 Å². The van der Waals surface area contributed by atoms with E-state index in [4.69, 9.17) is 0 Å². The van der Waals surface area contributed by atoms with E-state index in [0.29, 0.717) is 0 Å². The maximum absolute atomic E-state index is 3.90. The SMILES string of the molecule is c1ccc(-c2cc3c(c4c2sc2ccccc24)SC(c2ccc(-n4c5ccccc5c5cc6ccccc6cc54)cc2)N3)cc1. The van der Waals surface area contributed by atoms with Gasteiger partial charge in [-0.05, 0) is 64.4 Å². The van der Waals surface area contributed by atoms with Crippen LogP contribution in [0.15, 0.2) is 150 Å². The Balaban J connectivity index is 1.08. The Morgan fingerprint density at radius 3 is 2.13 bits per heavy atom. The van der Waals surface area contributed by atoms with E-state index in [1.54, 1.807) is 0 Å². The van der Waals surface area contributed by atoms with Gasteiger partial charge < -0.3 is 9.88 Å². The molecule has 0 amide bonds. The molecule has 2 nitrogen and oxygen atoms in total. The highest BCUT2D eigenvalue weighted by atomic mass is 32.2. The standard InChI is InChI=1S/C41H26N2S2/c1-2-10-25(11-3-1)32-24-34-40(38-31-15-7-9-17-37(31)44-39(32)38)45-41(42-34)26-18-20-29(21-19-26)43-35-16-8-6-14-30(35)33-22-27-12-4-5-13-28(27)23-36(33)43/h1-24,41-42H. The molecule has 1 aliphatic heterocycles. The number of hydrogen-bond donors (Lipinski definition) is 1. The third-order valence-corrected chi connectivity index (χ3v) is 11.7. The van der Waals surface area contributed by atoms with E-state index in [9.17, 15) is 0 Å². The molecular weight excluding hydrogens is 585 g/mol. The normalized spacial score (nSPS) is 14.5. The fourth-order valence-electron chi connectivity index (χ4n) is 7.10. The van der Waals surface area contributed by atoms with Gasteiger partial charge in [0.15, 0.2) is 0 Å². The highest BCUT2D eigenvalue weighted by Gasteiger charge is 2.28. The summed E-state index contributed by atoms with van der Waals surface area (Å²) in [6.07, 6.45) is 0. The van der Waals surface area contributed by atoms with Crippen LogP contribution in [0.1, 0.15) is 10.9 Å². The van der Waals surface area contributed by atoms with Crippen molar-refractivity contribution >= 4 is 81.5 Å². The molecule has 0 radical (unpaired) electrons. The Morgan fingerprint density at radius 2 is 1.29 bits per heavy atom. The van der Waals surface area contributed by atoms with Crippen LogP contribution in [-0.2, 0) is 0 Å². The molecular formula is C41H26N2S2. The van der Waals surface area contributed by atoms with Crippen LogP contribution in [0.5, 0.6) is 0 Å². The van der Waals surface area contributed by atoms with Gasteiger partial charge >= 0.3 is 0 Å². The number of nitrogens with one attached hydrogen (secondary N) is 1. The number of fused-ring (bicyclic) bond motifs is 9. The summed E-state index contributed by atoms with van der Waals surface area (Å²) in [5.41, 5.74) is 8.71. The van der Waals surface area contributed by atoms with Crippen LogP contribution < -0.4 is 5.32 Å². The summed E-state index contributed by atoms with van der Waals surface area (Å²) in [7, 11) is 0. The van der Waals surface area contributed by atoms with Gasteiger partial charge in [0.2, 0.25) is 0 Å². The van der Waals surface area contributed by atoms with Gasteiger partial charge in [0.1, 0.15) is 5.37 Å². The minimum atomic E-state index is 0.143. The third-order valence-electron chi connectivity index (χ3n) is 9.20. The van der Waals surface area contributed by atoms with Gasteiger partial charge in [0.05, 0.1) is 16.7 Å². The van der Waals surface area contributed by atoms with Gasteiger partial charge in [-0.15, -0.1) is 11.3 Å². The number of rotatable bonds is 3. The summed E-state index contributed by atoms with van der Waals surface area (Å²) in [6.45, 7) is 0. The topological polar surface area (TPSA) is 17.0 Å². The van der Waals surface area contributed by atoms with Crippen molar-refractivity contribution < 1.29 is 0 Å². The van der Waals surface area contributed by atoms with Gasteiger partial charge in [-0.1, -0.05) is 115 Å². The fourth-order valence-corrected chi connectivity index (χ4v) is 9.71. The second-order valence-electron chi connectivity index (χ2n) is 11.8. The molecule has 9 aromatic rings. The van der Waals surface area contributed by atoms with Crippen LogP contribution in [0, 0.1) is 0 Å². The number of benzene rings is 7. The lowest BCUT2D eigenvalue weighted by Crippen LogP contribution is -2.02. The number of para-hydroxylation sites is 1. The van der Waals surface area contributed by atoms with E-state index in [2.05, 4.69) is 155 Å². The summed E-state index contributed by atoms with van der Waals surface area (Å²) in [5.74, 6) is 0. The maximum Gasteiger partial charge on any atom is 0.103 e. The average Bonchev–Trinajstić information content (AvgIpc) is 3.79. The van der Waals surface area contributed by atoms with Crippen molar-refractivity contribution in [2.75, 3.05) is 5.32 Å². The molecule has 7 aromatic carbocycles. The highest BCUT2D eigenvalue weighted by molar-refractivity contribution is 8.00. The third kappa shape index (κ3) is 3.83. The zero-order valence-corrected chi connectivity index (χ0v) is 25.8. The number of thioether (sulfide) groups is 1. The first-order valence-corrected chi connectivity index (χ1v) is 17.0. The Labute approximate surface area is 268 Å². The second-order valence-corrected chi connectivity index (χ2v) is 13.9. The lowest BCUT2D eigenvalue weighted by molar-refractivity contribution is 1.12. The zero-order chi connectivity index (χ0) is 29.5. The van der Waals surface area contributed by atoms with E-state index in [1.807, 2.05) is 23.1 Å². The minimum Gasteiger partial charge on any atom is -0.368 e. The van der Waals surface area contributed by atoms with E-state index < -0.39 is 0 Å². The highest BCUT2D eigenvalue weighted by Crippen LogP contribution is 2.55. The molecule has 0 bridgehead atoms. The molecule has 212 valence electrons. The Bertz CT molecular complexity index is 2590. The van der Waals surface area contributed by atoms with Gasteiger partial charge in [-0.3, -0.25) is 0 Å². The van der Waals surface area contributed by atoms with Crippen LogP contribution >= 0.6 is 23.1 Å². The first kappa shape index (κ1) is 25.3. The Morgan fingerprint density at radius 1 is 0.578 bits per heavy atom. The first-order chi connectivity index (χ1) is 22.3. The monoisotopic (exact) mass is 610 g/mol. The van der Waals surface area contributed by atoms with E-state index >= 15 is 0 Å². The van der Waals surface area contributed by atoms with Crippen molar-refractivity contribution in [2.45, 2.75) is 10.3 Å². The van der Waals surface area contributed by atoms with E-state index in [0.717, 1.165) is 0 Å². The number of anilines is 1. The first-order valence-electron chi connectivity index (χ1n) is 15.3. The zero-order valence-electron chi connectivity index (χ0n) is 24.2. The molecule has 0 saturated carbocycles. The molecule has 1 atom stereocenters. The summed E-state index contributed by atoms with van der Waals surface area (Å²) < 4.78 is 5.12. The molecule has 0 saturated heterocycles. The number of hydrogen-bond acceptors (Lipinski definition) is 3. The summed E-state index contributed by atoms with van der Waals surface area (Å²) in [5, 5.41) is 11.9. The number of thiophene rings is 1. The predicted octanol–water partition coefficient (Wildman–Crippen LogP) is 12.2. The molecule has 1 aliphatic rings. The predicted molar refractivity (Wildman–Crippen MR) is 195 cm³/mol. The van der Waals surface area contributed by atoms with Crippen LogP contribution in [0.2, 0.25) is 0 Å². The van der Waals surface area contributed by atoms with Crippen molar-refractivity contribution in [3.63, 3.8) is 0 Å². The minimum absolute atomic E-state index is 0.143. The van der Waals surface area contributed by atoms with Crippen molar-refractivity contribution in [2.24, 2.45) is 0 Å². The smallest absolute Gasteiger partial charge is 0.103 e. The average molecular weight is 611 g/mol. The van der Waals surface area contributed by atoms with Gasteiger partial charge in [-0.2, -0.15) is 0 Å². The number of aromatic nitrogens is 1. The molecule has 0 spiro atoms. The Hall–Kier alpha value is -5.03. The molecule has 4 heteroatoms. The molecule has 3 heterocycles. The van der Waals surface area contributed by atoms with E-state index in [-0.39, 0.29) is 5.37 Å². The largest absolute Gasteiger partial charge is 0.368 e. The lowest BCUT2D eigenvalue weighted by atomic mass is 10.0. The van der Waals surface area contributed by atoms with Crippen molar-refractivity contribution in [3.8, 4) is 16.8 Å². The molecule has 1 N–H and O–H groups in total. The maximum atomic E-state index is 3.90. The molecule has 0 aliphatic carbocycles. The summed E-state index contributed by atoms with van der Waals surface area (Å²) >= 11 is 3.85. The summed E-state index contributed by atoms with van der Waals surface area (Å²) in [6, 6.07) is 53.3. The molecule has 1 unspecified atom stereocenters. The fraction of sp³-hybridized carbons (Fsp3) is 0.0244. The quantitative estimate of drug-likeness (QED) is 0.214. The lowest BCUT2D eigenvalue weighted by Gasteiger charge is -2.13. The number of nitrogens with zero attached hydrogens (tertiary/aromatic N) is 1. The van der Waals surface area contributed by atoms with Gasteiger partial charge in [-0.25, -0.2) is 0 Å². The summed E-state index contributed by atoms with van der Waals surface area (Å²) in [4.78, 5) is 1.35. The molecule has 2 aromatic heterocycles. The van der Waals surface area contributed by atoms with Crippen LogP contribution in [-0.4, -0.2) is 4.57 Å².